The average molecular weight is 288 g/mol. The van der Waals surface area contributed by atoms with Crippen LogP contribution >= 0.6 is 15.9 Å². The molecule has 4 heteroatoms. The van der Waals surface area contributed by atoms with Gasteiger partial charge in [0.05, 0.1) is 5.25 Å². The van der Waals surface area contributed by atoms with Crippen molar-refractivity contribution in [3.05, 3.63) is 34.3 Å². The van der Waals surface area contributed by atoms with E-state index in [2.05, 4.69) is 40.3 Å². The molecule has 0 saturated carbocycles. The Hall–Kier alpha value is -0.190. The minimum Gasteiger partial charge on any atom is -0.308 e. The molecule has 15 heavy (non-hydrogen) atoms. The Bertz CT molecular complexity index is 365. The fourth-order valence-electron chi connectivity index (χ4n) is 1.88. The molecule has 1 saturated heterocycles. The van der Waals surface area contributed by atoms with Crippen molar-refractivity contribution in [1.82, 2.24) is 5.32 Å². The van der Waals surface area contributed by atoms with Gasteiger partial charge in [-0.2, -0.15) is 0 Å². The summed E-state index contributed by atoms with van der Waals surface area (Å²) in [7, 11) is -0.695. The van der Waals surface area contributed by atoms with Crippen LogP contribution < -0.4 is 5.32 Å². The molecular formula is C11H14BrNOS. The zero-order chi connectivity index (χ0) is 10.8. The van der Waals surface area contributed by atoms with Crippen LogP contribution in [0.25, 0.3) is 0 Å². The maximum Gasteiger partial charge on any atom is 0.0515 e. The summed E-state index contributed by atoms with van der Waals surface area (Å²) in [4.78, 5) is 0. The smallest absolute Gasteiger partial charge is 0.0515 e. The van der Waals surface area contributed by atoms with Crippen molar-refractivity contribution >= 4 is 26.7 Å². The SMILES string of the molecule is CC1C(c2ccc(Br)cc2)NCCS1=O. The van der Waals surface area contributed by atoms with Gasteiger partial charge in [-0.3, -0.25) is 4.21 Å². The van der Waals surface area contributed by atoms with E-state index in [0.717, 1.165) is 16.8 Å². The van der Waals surface area contributed by atoms with E-state index in [1.54, 1.807) is 0 Å². The Balaban J connectivity index is 2.22. The normalized spacial score (nSPS) is 31.5. The highest BCUT2D eigenvalue weighted by Gasteiger charge is 2.27. The molecule has 1 aliphatic heterocycles. The summed E-state index contributed by atoms with van der Waals surface area (Å²) in [6, 6.07) is 8.46. The Morgan fingerprint density at radius 1 is 1.40 bits per heavy atom. The van der Waals surface area contributed by atoms with Gasteiger partial charge in [0.2, 0.25) is 0 Å². The molecular weight excluding hydrogens is 274 g/mol. The zero-order valence-electron chi connectivity index (χ0n) is 8.57. The Kier molecular flexibility index (Phi) is 3.59. The topological polar surface area (TPSA) is 29.1 Å². The molecule has 0 radical (unpaired) electrons. The molecule has 82 valence electrons. The summed E-state index contributed by atoms with van der Waals surface area (Å²) >= 11 is 3.42. The quantitative estimate of drug-likeness (QED) is 0.858. The minimum atomic E-state index is -0.695. The van der Waals surface area contributed by atoms with Crippen molar-refractivity contribution in [3.8, 4) is 0 Å². The van der Waals surface area contributed by atoms with Crippen LogP contribution in [0.3, 0.4) is 0 Å². The average Bonchev–Trinajstić information content (AvgIpc) is 2.24. The van der Waals surface area contributed by atoms with E-state index in [-0.39, 0.29) is 11.3 Å². The molecule has 1 heterocycles. The standard InChI is InChI=1S/C11H14BrNOS/c1-8-11(13-6-7-15(8)14)9-2-4-10(12)5-3-9/h2-5,8,11,13H,6-7H2,1H3. The third kappa shape index (κ3) is 2.49. The van der Waals surface area contributed by atoms with Crippen molar-refractivity contribution < 1.29 is 4.21 Å². The Morgan fingerprint density at radius 2 is 2.07 bits per heavy atom. The van der Waals surface area contributed by atoms with Crippen LogP contribution in [0.1, 0.15) is 18.5 Å². The second kappa shape index (κ2) is 4.76. The first-order valence-electron chi connectivity index (χ1n) is 5.04. The molecule has 0 aliphatic carbocycles. The molecule has 3 unspecified atom stereocenters. The zero-order valence-corrected chi connectivity index (χ0v) is 11.0. The van der Waals surface area contributed by atoms with E-state index in [4.69, 9.17) is 0 Å². The van der Waals surface area contributed by atoms with Gasteiger partial charge in [0.15, 0.2) is 0 Å². The monoisotopic (exact) mass is 287 g/mol. The highest BCUT2D eigenvalue weighted by molar-refractivity contribution is 9.10. The Morgan fingerprint density at radius 3 is 2.73 bits per heavy atom. The summed E-state index contributed by atoms with van der Waals surface area (Å²) in [6.45, 7) is 2.90. The van der Waals surface area contributed by atoms with Crippen LogP contribution in [0.5, 0.6) is 0 Å². The van der Waals surface area contributed by atoms with Gasteiger partial charge in [-0.15, -0.1) is 0 Å². The second-order valence-corrected chi connectivity index (χ2v) is 6.60. The molecule has 0 amide bonds. The van der Waals surface area contributed by atoms with Gasteiger partial charge in [-0.05, 0) is 24.6 Å². The molecule has 0 aromatic heterocycles. The number of nitrogens with one attached hydrogen (secondary N) is 1. The first-order chi connectivity index (χ1) is 7.18. The molecule has 1 aliphatic rings. The number of hydrogen-bond donors (Lipinski definition) is 1. The maximum absolute atomic E-state index is 11.7. The lowest BCUT2D eigenvalue weighted by atomic mass is 10.0. The van der Waals surface area contributed by atoms with E-state index in [0.29, 0.717) is 0 Å². The van der Waals surface area contributed by atoms with Crippen LogP contribution in [-0.2, 0) is 10.8 Å². The summed E-state index contributed by atoms with van der Waals surface area (Å²) in [6.07, 6.45) is 0. The first kappa shape index (κ1) is 11.3. The molecule has 0 spiro atoms. The van der Waals surface area contributed by atoms with Crippen molar-refractivity contribution in [2.75, 3.05) is 12.3 Å². The van der Waals surface area contributed by atoms with Gasteiger partial charge < -0.3 is 5.32 Å². The molecule has 0 bridgehead atoms. The number of hydrogen-bond acceptors (Lipinski definition) is 2. The van der Waals surface area contributed by atoms with Crippen LogP contribution in [-0.4, -0.2) is 21.8 Å². The van der Waals surface area contributed by atoms with Crippen molar-refractivity contribution in [2.24, 2.45) is 0 Å². The number of halogens is 1. The molecule has 1 aromatic carbocycles. The highest BCUT2D eigenvalue weighted by Crippen LogP contribution is 2.24. The third-order valence-electron chi connectivity index (χ3n) is 2.78. The van der Waals surface area contributed by atoms with Crippen molar-refractivity contribution in [2.45, 2.75) is 18.2 Å². The molecule has 2 rings (SSSR count). The Labute approximate surface area is 101 Å². The minimum absolute atomic E-state index is 0.194. The summed E-state index contributed by atoms with van der Waals surface area (Å²) in [5, 5.41) is 3.62. The highest BCUT2D eigenvalue weighted by atomic mass is 79.9. The molecule has 1 fully saturated rings. The molecule has 3 atom stereocenters. The van der Waals surface area contributed by atoms with E-state index >= 15 is 0 Å². The number of benzene rings is 1. The molecule has 2 nitrogen and oxygen atoms in total. The van der Waals surface area contributed by atoms with E-state index in [1.165, 1.54) is 5.56 Å². The number of rotatable bonds is 1. The van der Waals surface area contributed by atoms with Gasteiger partial charge in [-0.1, -0.05) is 28.1 Å². The van der Waals surface area contributed by atoms with Crippen LogP contribution in [0.4, 0.5) is 0 Å². The van der Waals surface area contributed by atoms with Crippen LogP contribution in [0.15, 0.2) is 28.7 Å². The summed E-state index contributed by atoms with van der Waals surface area (Å²) in [5.74, 6) is 0.772. The summed E-state index contributed by atoms with van der Waals surface area (Å²) < 4.78 is 12.8. The fourth-order valence-corrected chi connectivity index (χ4v) is 3.39. The van der Waals surface area contributed by atoms with Gasteiger partial charge in [-0.25, -0.2) is 0 Å². The van der Waals surface area contributed by atoms with Gasteiger partial charge in [0.25, 0.3) is 0 Å². The van der Waals surface area contributed by atoms with E-state index in [1.807, 2.05) is 12.1 Å². The predicted octanol–water partition coefficient (Wildman–Crippen LogP) is 2.23. The lowest BCUT2D eigenvalue weighted by molar-refractivity contribution is 0.514. The largest absolute Gasteiger partial charge is 0.308 e. The molecule has 1 N–H and O–H groups in total. The maximum atomic E-state index is 11.7. The lowest BCUT2D eigenvalue weighted by Crippen LogP contribution is -2.42. The lowest BCUT2D eigenvalue weighted by Gasteiger charge is -2.29. The summed E-state index contributed by atoms with van der Waals surface area (Å²) in [5.41, 5.74) is 1.22. The van der Waals surface area contributed by atoms with Crippen LogP contribution in [0.2, 0.25) is 0 Å². The predicted molar refractivity (Wildman–Crippen MR) is 67.4 cm³/mol. The third-order valence-corrected chi connectivity index (χ3v) is 5.02. The van der Waals surface area contributed by atoms with Crippen LogP contribution in [0, 0.1) is 0 Å². The van der Waals surface area contributed by atoms with Gasteiger partial charge in [0.1, 0.15) is 0 Å². The van der Waals surface area contributed by atoms with Crippen molar-refractivity contribution in [1.29, 1.82) is 0 Å². The van der Waals surface area contributed by atoms with Crippen molar-refractivity contribution in [3.63, 3.8) is 0 Å². The van der Waals surface area contributed by atoms with Gasteiger partial charge >= 0.3 is 0 Å². The molecule has 1 aromatic rings. The second-order valence-electron chi connectivity index (χ2n) is 3.77. The van der Waals surface area contributed by atoms with E-state index < -0.39 is 10.8 Å². The fraction of sp³-hybridized carbons (Fsp3) is 0.455. The van der Waals surface area contributed by atoms with Gasteiger partial charge in [0, 0.05) is 33.6 Å². The van der Waals surface area contributed by atoms with E-state index in [9.17, 15) is 4.21 Å². The first-order valence-corrected chi connectivity index (χ1v) is 7.22.